The Morgan fingerprint density at radius 3 is 1.29 bits per heavy atom. The lowest BCUT2D eigenvalue weighted by Crippen LogP contribution is -2.06. The van der Waals surface area contributed by atoms with Crippen molar-refractivity contribution in [3.63, 3.8) is 0 Å². The molecule has 0 rings (SSSR count). The SMILES string of the molecule is CCCCC/C=C/CCCOC(=O)/C=C/C(=O)OCCCCCCCCCCCCCCCC. The summed E-state index contributed by atoms with van der Waals surface area (Å²) < 4.78 is 10.3. The van der Waals surface area contributed by atoms with Crippen LogP contribution in [0.1, 0.15) is 142 Å². The Morgan fingerprint density at radius 2 is 0.824 bits per heavy atom. The number of hydrogen-bond acceptors (Lipinski definition) is 4. The Hall–Kier alpha value is -1.58. The van der Waals surface area contributed by atoms with Crippen LogP contribution in [0.25, 0.3) is 0 Å². The number of carbonyl (C=O) groups is 2. The third-order valence-corrected chi connectivity index (χ3v) is 6.00. The minimum atomic E-state index is -0.486. The van der Waals surface area contributed by atoms with Crippen LogP contribution in [0.4, 0.5) is 0 Å². The second-order valence-electron chi connectivity index (χ2n) is 9.37. The highest BCUT2D eigenvalue weighted by molar-refractivity contribution is 5.91. The molecule has 0 bridgehead atoms. The molecule has 0 aliphatic heterocycles. The molecular formula is C30H54O4. The third kappa shape index (κ3) is 26.7. The summed E-state index contributed by atoms with van der Waals surface area (Å²) in [5.41, 5.74) is 0. The Bertz CT molecular complexity index is 510. The molecule has 4 heteroatoms. The van der Waals surface area contributed by atoms with Crippen LogP contribution in [-0.2, 0) is 19.1 Å². The quantitative estimate of drug-likeness (QED) is 0.0568. The third-order valence-electron chi connectivity index (χ3n) is 6.00. The summed E-state index contributed by atoms with van der Waals surface area (Å²) in [6.07, 6.45) is 31.5. The van der Waals surface area contributed by atoms with E-state index in [1.807, 2.05) is 0 Å². The van der Waals surface area contributed by atoms with Crippen LogP contribution >= 0.6 is 0 Å². The molecular weight excluding hydrogens is 424 g/mol. The molecule has 0 aliphatic rings. The van der Waals surface area contributed by atoms with Crippen LogP contribution in [0.3, 0.4) is 0 Å². The van der Waals surface area contributed by atoms with Gasteiger partial charge in [-0.05, 0) is 32.1 Å². The second-order valence-corrected chi connectivity index (χ2v) is 9.37. The molecule has 0 amide bonds. The summed E-state index contributed by atoms with van der Waals surface area (Å²) in [5.74, 6) is -0.956. The lowest BCUT2D eigenvalue weighted by molar-refractivity contribution is -0.140. The number of hydrogen-bond donors (Lipinski definition) is 0. The first kappa shape index (κ1) is 32.4. The molecule has 0 unspecified atom stereocenters. The number of ether oxygens (including phenoxy) is 2. The van der Waals surface area contributed by atoms with Gasteiger partial charge in [0.2, 0.25) is 0 Å². The van der Waals surface area contributed by atoms with Crippen LogP contribution in [-0.4, -0.2) is 25.2 Å². The molecule has 198 valence electrons. The maximum absolute atomic E-state index is 11.7. The lowest BCUT2D eigenvalue weighted by atomic mass is 10.0. The minimum absolute atomic E-state index is 0.372. The van der Waals surface area contributed by atoms with Crippen molar-refractivity contribution in [2.45, 2.75) is 142 Å². The topological polar surface area (TPSA) is 52.6 Å². The molecule has 0 aromatic heterocycles. The van der Waals surface area contributed by atoms with Crippen molar-refractivity contribution in [3.8, 4) is 0 Å². The van der Waals surface area contributed by atoms with Gasteiger partial charge in [-0.2, -0.15) is 0 Å². The fraction of sp³-hybridized carbons (Fsp3) is 0.800. The molecule has 0 radical (unpaired) electrons. The van der Waals surface area contributed by atoms with E-state index >= 15 is 0 Å². The lowest BCUT2D eigenvalue weighted by Gasteiger charge is -2.04. The van der Waals surface area contributed by atoms with E-state index in [-0.39, 0.29) is 0 Å². The van der Waals surface area contributed by atoms with Gasteiger partial charge in [-0.3, -0.25) is 0 Å². The minimum Gasteiger partial charge on any atom is -0.463 e. The van der Waals surface area contributed by atoms with Crippen molar-refractivity contribution in [1.82, 2.24) is 0 Å². The fourth-order valence-corrected chi connectivity index (χ4v) is 3.82. The Kier molecular flexibility index (Phi) is 26.4. The standard InChI is InChI=1S/C30H54O4/c1-3-5-7-9-11-13-14-15-16-17-18-20-22-24-28-34-30(32)26-25-29(31)33-27-23-21-19-12-10-8-6-4-2/h12,19,25-26H,3-11,13-18,20-24,27-28H2,1-2H3/b19-12+,26-25+. The van der Waals surface area contributed by atoms with Crippen molar-refractivity contribution < 1.29 is 19.1 Å². The van der Waals surface area contributed by atoms with Crippen molar-refractivity contribution in [3.05, 3.63) is 24.3 Å². The molecule has 0 atom stereocenters. The monoisotopic (exact) mass is 478 g/mol. The molecule has 0 aromatic rings. The van der Waals surface area contributed by atoms with Crippen LogP contribution < -0.4 is 0 Å². The average molecular weight is 479 g/mol. The molecule has 0 heterocycles. The maximum atomic E-state index is 11.7. The van der Waals surface area contributed by atoms with E-state index in [1.165, 1.54) is 102 Å². The largest absolute Gasteiger partial charge is 0.463 e. The van der Waals surface area contributed by atoms with Crippen molar-refractivity contribution >= 4 is 11.9 Å². The van der Waals surface area contributed by atoms with Crippen LogP contribution in [0.5, 0.6) is 0 Å². The van der Waals surface area contributed by atoms with Gasteiger partial charge in [0.05, 0.1) is 13.2 Å². The number of rotatable bonds is 25. The number of esters is 2. The Balaban J connectivity index is 3.40. The number of unbranched alkanes of at least 4 members (excludes halogenated alkanes) is 17. The molecule has 0 saturated carbocycles. The number of carbonyl (C=O) groups excluding carboxylic acids is 2. The van der Waals surface area contributed by atoms with E-state index in [2.05, 4.69) is 26.0 Å². The molecule has 0 aliphatic carbocycles. The summed E-state index contributed by atoms with van der Waals surface area (Å²) in [7, 11) is 0. The number of allylic oxidation sites excluding steroid dienone is 2. The van der Waals surface area contributed by atoms with Gasteiger partial charge in [-0.1, -0.05) is 122 Å². The zero-order valence-corrected chi connectivity index (χ0v) is 22.5. The van der Waals surface area contributed by atoms with E-state index in [9.17, 15) is 9.59 Å². The predicted octanol–water partition coefficient (Wildman–Crippen LogP) is 9.03. The highest BCUT2D eigenvalue weighted by atomic mass is 16.5. The van der Waals surface area contributed by atoms with Gasteiger partial charge < -0.3 is 9.47 Å². The summed E-state index contributed by atoms with van der Waals surface area (Å²) >= 11 is 0. The van der Waals surface area contributed by atoms with Gasteiger partial charge >= 0.3 is 11.9 Å². The molecule has 0 spiro atoms. The van der Waals surface area contributed by atoms with E-state index in [0.717, 1.165) is 38.2 Å². The van der Waals surface area contributed by atoms with Crippen molar-refractivity contribution in [1.29, 1.82) is 0 Å². The van der Waals surface area contributed by atoms with E-state index in [1.54, 1.807) is 0 Å². The smallest absolute Gasteiger partial charge is 0.331 e. The highest BCUT2D eigenvalue weighted by Gasteiger charge is 2.01. The maximum Gasteiger partial charge on any atom is 0.331 e. The molecule has 4 nitrogen and oxygen atoms in total. The van der Waals surface area contributed by atoms with Crippen LogP contribution in [0, 0.1) is 0 Å². The first-order valence-electron chi connectivity index (χ1n) is 14.4. The van der Waals surface area contributed by atoms with Gasteiger partial charge in [0.1, 0.15) is 0 Å². The molecule has 34 heavy (non-hydrogen) atoms. The van der Waals surface area contributed by atoms with Crippen LogP contribution in [0.15, 0.2) is 24.3 Å². The predicted molar refractivity (Wildman–Crippen MR) is 144 cm³/mol. The van der Waals surface area contributed by atoms with Crippen LogP contribution in [0.2, 0.25) is 0 Å². The first-order valence-corrected chi connectivity index (χ1v) is 14.4. The average Bonchev–Trinajstić information content (AvgIpc) is 2.84. The zero-order chi connectivity index (χ0) is 25.0. The summed E-state index contributed by atoms with van der Waals surface area (Å²) in [5, 5.41) is 0. The van der Waals surface area contributed by atoms with Gasteiger partial charge in [-0.15, -0.1) is 0 Å². The highest BCUT2D eigenvalue weighted by Crippen LogP contribution is 2.13. The van der Waals surface area contributed by atoms with E-state index < -0.39 is 11.9 Å². The van der Waals surface area contributed by atoms with Gasteiger partial charge in [0, 0.05) is 12.2 Å². The van der Waals surface area contributed by atoms with E-state index in [0.29, 0.717) is 13.2 Å². The zero-order valence-electron chi connectivity index (χ0n) is 22.5. The molecule has 0 fully saturated rings. The summed E-state index contributed by atoms with van der Waals surface area (Å²) in [4.78, 5) is 23.3. The fourth-order valence-electron chi connectivity index (χ4n) is 3.82. The first-order chi connectivity index (χ1) is 16.7. The molecule has 0 aromatic carbocycles. The molecule has 0 N–H and O–H groups in total. The van der Waals surface area contributed by atoms with Gasteiger partial charge in [0.25, 0.3) is 0 Å². The summed E-state index contributed by atoms with van der Waals surface area (Å²) in [6.45, 7) is 5.26. The summed E-state index contributed by atoms with van der Waals surface area (Å²) in [6, 6.07) is 0. The normalized spacial score (nSPS) is 11.5. The van der Waals surface area contributed by atoms with Gasteiger partial charge in [0.15, 0.2) is 0 Å². The van der Waals surface area contributed by atoms with E-state index in [4.69, 9.17) is 9.47 Å². The Morgan fingerprint density at radius 1 is 0.471 bits per heavy atom. The molecule has 0 saturated heterocycles. The van der Waals surface area contributed by atoms with Gasteiger partial charge in [-0.25, -0.2) is 9.59 Å². The second kappa shape index (κ2) is 27.7. The Labute approximate surface area is 210 Å². The van der Waals surface area contributed by atoms with Crippen molar-refractivity contribution in [2.75, 3.05) is 13.2 Å². The van der Waals surface area contributed by atoms with Crippen molar-refractivity contribution in [2.24, 2.45) is 0 Å².